The Labute approximate surface area is 124 Å². The van der Waals surface area contributed by atoms with Crippen LogP contribution in [0.5, 0.6) is 0 Å². The van der Waals surface area contributed by atoms with E-state index in [1.807, 2.05) is 18.2 Å². The van der Waals surface area contributed by atoms with Crippen LogP contribution >= 0.6 is 23.2 Å². The van der Waals surface area contributed by atoms with Crippen LogP contribution in [0.4, 0.5) is 0 Å². The minimum Gasteiger partial charge on any atom is -0.330 e. The number of likely N-dealkylation sites (tertiary alicyclic amines) is 1. The quantitative estimate of drug-likeness (QED) is 0.918. The van der Waals surface area contributed by atoms with E-state index in [0.717, 1.165) is 34.7 Å². The fourth-order valence-electron chi connectivity index (χ4n) is 3.34. The average Bonchev–Trinajstić information content (AvgIpc) is 3.25. The van der Waals surface area contributed by atoms with Gasteiger partial charge in [0.25, 0.3) is 0 Å². The first kappa shape index (κ1) is 13.7. The summed E-state index contributed by atoms with van der Waals surface area (Å²) >= 11 is 12.6. The molecule has 2 N–H and O–H groups in total. The second-order valence-corrected chi connectivity index (χ2v) is 6.56. The van der Waals surface area contributed by atoms with Crippen LogP contribution < -0.4 is 5.73 Å². The number of piperidine rings is 1. The lowest BCUT2D eigenvalue weighted by Crippen LogP contribution is -2.42. The summed E-state index contributed by atoms with van der Waals surface area (Å²) in [6.07, 6.45) is 5.05. The average molecular weight is 299 g/mol. The van der Waals surface area contributed by atoms with Gasteiger partial charge in [0.1, 0.15) is 0 Å². The lowest BCUT2D eigenvalue weighted by molar-refractivity contribution is 0.0880. The smallest absolute Gasteiger partial charge is 0.0455 e. The predicted molar refractivity (Wildman–Crippen MR) is 80.7 cm³/mol. The van der Waals surface area contributed by atoms with Crippen LogP contribution in [0.25, 0.3) is 0 Å². The van der Waals surface area contributed by atoms with E-state index < -0.39 is 0 Å². The van der Waals surface area contributed by atoms with Gasteiger partial charge in [-0.1, -0.05) is 23.2 Å². The Balaban J connectivity index is 1.97. The van der Waals surface area contributed by atoms with Crippen LogP contribution in [0.3, 0.4) is 0 Å². The first-order valence-electron chi connectivity index (χ1n) is 7.11. The summed E-state index contributed by atoms with van der Waals surface area (Å²) in [6, 6.07) is 6.87. The lowest BCUT2D eigenvalue weighted by Gasteiger charge is -2.42. The molecule has 1 aliphatic heterocycles. The monoisotopic (exact) mass is 298 g/mol. The summed E-state index contributed by atoms with van der Waals surface area (Å²) in [6.45, 7) is 1.88. The normalized spacial score (nSPS) is 28.6. The molecule has 1 heterocycles. The molecule has 2 fully saturated rings. The van der Waals surface area contributed by atoms with Gasteiger partial charge in [0.2, 0.25) is 0 Å². The Morgan fingerprint density at radius 1 is 1.21 bits per heavy atom. The van der Waals surface area contributed by atoms with Gasteiger partial charge >= 0.3 is 0 Å². The third-order valence-electron chi connectivity index (χ3n) is 4.39. The summed E-state index contributed by atoms with van der Waals surface area (Å²) < 4.78 is 0. The lowest BCUT2D eigenvalue weighted by atomic mass is 9.84. The standard InChI is InChI=1S/C15H20Cl2N2/c16-11-3-6-14(17)13(8-11)15-10(9-18)2-1-7-19(15)12-4-5-12/h3,6,8,10,12,15H,1-2,4-5,7,9,18H2. The molecule has 2 unspecified atom stereocenters. The molecule has 3 rings (SSSR count). The number of nitrogens with two attached hydrogens (primary N) is 1. The summed E-state index contributed by atoms with van der Waals surface area (Å²) in [4.78, 5) is 2.61. The second-order valence-electron chi connectivity index (χ2n) is 5.72. The maximum absolute atomic E-state index is 6.42. The van der Waals surface area contributed by atoms with Crippen molar-refractivity contribution in [2.45, 2.75) is 37.8 Å². The van der Waals surface area contributed by atoms with Crippen molar-refractivity contribution in [1.29, 1.82) is 0 Å². The molecule has 4 heteroatoms. The van der Waals surface area contributed by atoms with E-state index in [1.165, 1.54) is 25.7 Å². The fraction of sp³-hybridized carbons (Fsp3) is 0.600. The topological polar surface area (TPSA) is 29.3 Å². The summed E-state index contributed by atoms with van der Waals surface area (Å²) in [7, 11) is 0. The van der Waals surface area contributed by atoms with Crippen LogP contribution in [-0.4, -0.2) is 24.0 Å². The molecule has 104 valence electrons. The Bertz CT molecular complexity index is 459. The third kappa shape index (κ3) is 2.78. The molecular formula is C15H20Cl2N2. The molecule has 0 aromatic heterocycles. The minimum absolute atomic E-state index is 0.345. The van der Waals surface area contributed by atoms with Crippen molar-refractivity contribution in [2.75, 3.05) is 13.1 Å². The van der Waals surface area contributed by atoms with E-state index in [-0.39, 0.29) is 0 Å². The van der Waals surface area contributed by atoms with E-state index >= 15 is 0 Å². The zero-order chi connectivity index (χ0) is 13.4. The predicted octanol–water partition coefficient (Wildman–Crippen LogP) is 3.87. The zero-order valence-electron chi connectivity index (χ0n) is 11.0. The van der Waals surface area contributed by atoms with E-state index in [2.05, 4.69) is 4.90 Å². The van der Waals surface area contributed by atoms with Crippen LogP contribution in [0, 0.1) is 5.92 Å². The highest BCUT2D eigenvalue weighted by molar-refractivity contribution is 6.33. The highest BCUT2D eigenvalue weighted by Gasteiger charge is 2.40. The van der Waals surface area contributed by atoms with Crippen molar-refractivity contribution in [2.24, 2.45) is 11.7 Å². The van der Waals surface area contributed by atoms with E-state index in [1.54, 1.807) is 0 Å². The maximum atomic E-state index is 6.42. The van der Waals surface area contributed by atoms with Crippen molar-refractivity contribution >= 4 is 23.2 Å². The van der Waals surface area contributed by atoms with Gasteiger partial charge in [-0.15, -0.1) is 0 Å². The van der Waals surface area contributed by atoms with Crippen molar-refractivity contribution in [3.05, 3.63) is 33.8 Å². The molecular weight excluding hydrogens is 279 g/mol. The Kier molecular flexibility index (Phi) is 4.04. The third-order valence-corrected chi connectivity index (χ3v) is 4.97. The fourth-order valence-corrected chi connectivity index (χ4v) is 3.75. The minimum atomic E-state index is 0.345. The molecule has 1 saturated heterocycles. The van der Waals surface area contributed by atoms with Crippen LogP contribution in [0.1, 0.15) is 37.3 Å². The molecule has 0 bridgehead atoms. The largest absolute Gasteiger partial charge is 0.330 e. The number of hydrogen-bond donors (Lipinski definition) is 1. The van der Waals surface area contributed by atoms with Gasteiger partial charge in [-0.25, -0.2) is 0 Å². The van der Waals surface area contributed by atoms with Crippen LogP contribution in [0.2, 0.25) is 10.0 Å². The molecule has 1 saturated carbocycles. The number of benzene rings is 1. The summed E-state index contributed by atoms with van der Waals surface area (Å²) in [5, 5.41) is 1.58. The van der Waals surface area contributed by atoms with Crippen molar-refractivity contribution in [1.82, 2.24) is 4.90 Å². The summed E-state index contributed by atoms with van der Waals surface area (Å²) in [5.41, 5.74) is 7.16. The molecule has 2 aliphatic rings. The van der Waals surface area contributed by atoms with Crippen molar-refractivity contribution in [3.8, 4) is 0 Å². The SMILES string of the molecule is NCC1CCCN(C2CC2)C1c1cc(Cl)ccc1Cl. The summed E-state index contributed by atoms with van der Waals surface area (Å²) in [5.74, 6) is 0.491. The number of rotatable bonds is 3. The number of hydrogen-bond acceptors (Lipinski definition) is 2. The molecule has 2 atom stereocenters. The zero-order valence-corrected chi connectivity index (χ0v) is 12.5. The van der Waals surface area contributed by atoms with Crippen molar-refractivity contribution < 1.29 is 0 Å². The molecule has 0 spiro atoms. The molecule has 2 nitrogen and oxygen atoms in total. The van der Waals surface area contributed by atoms with Crippen molar-refractivity contribution in [3.63, 3.8) is 0 Å². The van der Waals surface area contributed by atoms with Gasteiger partial charge in [0, 0.05) is 22.1 Å². The number of nitrogens with zero attached hydrogens (tertiary/aromatic N) is 1. The van der Waals surface area contributed by atoms with E-state index in [9.17, 15) is 0 Å². The Hall–Kier alpha value is -0.280. The van der Waals surface area contributed by atoms with Gasteiger partial charge in [-0.2, -0.15) is 0 Å². The first-order valence-corrected chi connectivity index (χ1v) is 7.87. The van der Waals surface area contributed by atoms with Crippen LogP contribution in [-0.2, 0) is 0 Å². The van der Waals surface area contributed by atoms with E-state index in [0.29, 0.717) is 12.0 Å². The molecule has 0 amide bonds. The molecule has 0 radical (unpaired) electrons. The van der Waals surface area contributed by atoms with Crippen LogP contribution in [0.15, 0.2) is 18.2 Å². The molecule has 1 aromatic rings. The number of halogens is 2. The highest BCUT2D eigenvalue weighted by atomic mass is 35.5. The van der Waals surface area contributed by atoms with Gasteiger partial charge in [0.05, 0.1) is 0 Å². The van der Waals surface area contributed by atoms with Gasteiger partial charge in [-0.05, 0) is 68.5 Å². The molecule has 19 heavy (non-hydrogen) atoms. The Morgan fingerprint density at radius 3 is 2.68 bits per heavy atom. The molecule has 1 aromatic carbocycles. The first-order chi connectivity index (χ1) is 9.20. The van der Waals surface area contributed by atoms with E-state index in [4.69, 9.17) is 28.9 Å². The van der Waals surface area contributed by atoms with Gasteiger partial charge in [-0.3, -0.25) is 4.90 Å². The second kappa shape index (κ2) is 5.61. The Morgan fingerprint density at radius 2 is 2.00 bits per heavy atom. The van der Waals surface area contributed by atoms with Gasteiger partial charge in [0.15, 0.2) is 0 Å². The molecule has 1 aliphatic carbocycles. The maximum Gasteiger partial charge on any atom is 0.0455 e. The highest BCUT2D eigenvalue weighted by Crippen LogP contribution is 2.44. The van der Waals surface area contributed by atoms with Gasteiger partial charge < -0.3 is 5.73 Å².